The number of para-hydroxylation sites is 1. The molecule has 0 radical (unpaired) electrons. The molecule has 6 heteroatoms. The smallest absolute Gasteiger partial charge is 0.264 e. The topological polar surface area (TPSA) is 66.5 Å². The van der Waals surface area contributed by atoms with Crippen molar-refractivity contribution in [3.05, 3.63) is 95.1 Å². The molecule has 1 amide bonds. The molecule has 1 N–H and O–H groups in total. The zero-order valence-corrected chi connectivity index (χ0v) is 19.1. The number of sulfonamides is 1. The summed E-state index contributed by atoms with van der Waals surface area (Å²) in [5.74, 6) is -0.325. The van der Waals surface area contributed by atoms with Crippen molar-refractivity contribution < 1.29 is 13.2 Å². The monoisotopic (exact) mass is 436 g/mol. The van der Waals surface area contributed by atoms with E-state index in [0.29, 0.717) is 11.3 Å². The largest absolute Gasteiger partial charge is 0.345 e. The highest BCUT2D eigenvalue weighted by atomic mass is 32.2. The molecule has 3 aromatic rings. The molecule has 1 atom stereocenters. The summed E-state index contributed by atoms with van der Waals surface area (Å²) in [5.41, 5.74) is 3.83. The maximum Gasteiger partial charge on any atom is 0.264 e. The van der Waals surface area contributed by atoms with Gasteiger partial charge in [0.15, 0.2) is 0 Å². The van der Waals surface area contributed by atoms with Crippen molar-refractivity contribution in [1.29, 1.82) is 0 Å². The number of aryl methyl sites for hydroxylation is 2. The van der Waals surface area contributed by atoms with Gasteiger partial charge in [-0.15, -0.1) is 0 Å². The van der Waals surface area contributed by atoms with Crippen LogP contribution in [0.5, 0.6) is 0 Å². The highest BCUT2D eigenvalue weighted by molar-refractivity contribution is 7.92. The van der Waals surface area contributed by atoms with E-state index in [0.717, 1.165) is 21.9 Å². The lowest BCUT2D eigenvalue weighted by Gasteiger charge is -2.23. The van der Waals surface area contributed by atoms with E-state index in [4.69, 9.17) is 0 Å². The molecular formula is C25H28N2O3S. The van der Waals surface area contributed by atoms with Gasteiger partial charge >= 0.3 is 0 Å². The highest BCUT2D eigenvalue weighted by Gasteiger charge is 2.25. The van der Waals surface area contributed by atoms with Crippen molar-refractivity contribution in [1.82, 2.24) is 5.32 Å². The first-order valence-electron chi connectivity index (χ1n) is 10.3. The van der Waals surface area contributed by atoms with Crippen LogP contribution >= 0.6 is 0 Å². The minimum Gasteiger partial charge on any atom is -0.345 e. The lowest BCUT2D eigenvalue weighted by atomic mass is 10.0. The Balaban J connectivity index is 1.86. The van der Waals surface area contributed by atoms with Crippen molar-refractivity contribution in [2.45, 2.75) is 38.1 Å². The van der Waals surface area contributed by atoms with E-state index < -0.39 is 10.0 Å². The average molecular weight is 437 g/mol. The van der Waals surface area contributed by atoms with Crippen LogP contribution in [-0.4, -0.2) is 21.4 Å². The van der Waals surface area contributed by atoms with Crippen LogP contribution < -0.4 is 9.62 Å². The Morgan fingerprint density at radius 1 is 0.968 bits per heavy atom. The van der Waals surface area contributed by atoms with Gasteiger partial charge in [0.25, 0.3) is 15.9 Å². The highest BCUT2D eigenvalue weighted by Crippen LogP contribution is 2.26. The van der Waals surface area contributed by atoms with E-state index >= 15 is 0 Å². The predicted molar refractivity (Wildman–Crippen MR) is 125 cm³/mol. The number of hydrogen-bond acceptors (Lipinski definition) is 3. The molecule has 3 aromatic carbocycles. The molecule has 0 fully saturated rings. The lowest BCUT2D eigenvalue weighted by molar-refractivity contribution is 0.0940. The first-order valence-corrected chi connectivity index (χ1v) is 11.7. The van der Waals surface area contributed by atoms with Crippen molar-refractivity contribution >= 4 is 21.6 Å². The molecule has 0 aromatic heterocycles. The fourth-order valence-electron chi connectivity index (χ4n) is 3.34. The Kier molecular flexibility index (Phi) is 6.81. The second-order valence-corrected chi connectivity index (χ2v) is 9.56. The van der Waals surface area contributed by atoms with Crippen LogP contribution in [0.25, 0.3) is 0 Å². The summed E-state index contributed by atoms with van der Waals surface area (Å²) < 4.78 is 27.4. The van der Waals surface area contributed by atoms with Crippen LogP contribution in [-0.2, 0) is 16.4 Å². The van der Waals surface area contributed by atoms with Crippen LogP contribution in [0.4, 0.5) is 5.69 Å². The number of benzene rings is 3. The normalized spacial score (nSPS) is 12.3. The molecule has 0 spiro atoms. The molecule has 0 aliphatic rings. The molecule has 31 heavy (non-hydrogen) atoms. The number of anilines is 1. The van der Waals surface area contributed by atoms with Gasteiger partial charge in [0.05, 0.1) is 22.2 Å². The summed E-state index contributed by atoms with van der Waals surface area (Å²) in [6, 6.07) is 21.3. The Hall–Kier alpha value is -3.12. The summed E-state index contributed by atoms with van der Waals surface area (Å²) >= 11 is 0. The van der Waals surface area contributed by atoms with Crippen LogP contribution in [0.2, 0.25) is 0 Å². The minimum absolute atomic E-state index is 0.181. The van der Waals surface area contributed by atoms with Gasteiger partial charge < -0.3 is 5.32 Å². The van der Waals surface area contributed by atoms with Gasteiger partial charge in [-0.3, -0.25) is 9.10 Å². The quantitative estimate of drug-likeness (QED) is 0.574. The van der Waals surface area contributed by atoms with Crippen LogP contribution in [0.1, 0.15) is 46.9 Å². The predicted octanol–water partition coefficient (Wildman–Crippen LogP) is 4.87. The fraction of sp³-hybridized carbons (Fsp3) is 0.240. The molecule has 0 saturated carbocycles. The maximum atomic E-state index is 13.1. The van der Waals surface area contributed by atoms with E-state index in [-0.39, 0.29) is 16.8 Å². The number of nitrogens with one attached hydrogen (secondary N) is 1. The van der Waals surface area contributed by atoms with Crippen molar-refractivity contribution in [2.24, 2.45) is 0 Å². The molecule has 0 aliphatic heterocycles. The van der Waals surface area contributed by atoms with Gasteiger partial charge in [-0.2, -0.15) is 0 Å². The zero-order chi connectivity index (χ0) is 22.6. The summed E-state index contributed by atoms with van der Waals surface area (Å²) in [7, 11) is -2.33. The number of carbonyl (C=O) groups excluding carboxylic acids is 1. The van der Waals surface area contributed by atoms with E-state index in [9.17, 15) is 13.2 Å². The number of carbonyl (C=O) groups is 1. The van der Waals surface area contributed by atoms with Gasteiger partial charge in [0, 0.05) is 7.05 Å². The fourth-order valence-corrected chi connectivity index (χ4v) is 4.55. The van der Waals surface area contributed by atoms with Gasteiger partial charge in [0.2, 0.25) is 0 Å². The number of rotatable bonds is 7. The lowest BCUT2D eigenvalue weighted by Crippen LogP contribution is -2.31. The van der Waals surface area contributed by atoms with Crippen molar-refractivity contribution in [2.75, 3.05) is 11.4 Å². The third kappa shape index (κ3) is 4.97. The average Bonchev–Trinajstić information content (AvgIpc) is 2.78. The Morgan fingerprint density at radius 2 is 1.58 bits per heavy atom. The number of amides is 1. The third-order valence-corrected chi connectivity index (χ3v) is 7.19. The van der Waals surface area contributed by atoms with Gasteiger partial charge in [-0.25, -0.2) is 8.42 Å². The van der Waals surface area contributed by atoms with E-state index in [1.165, 1.54) is 12.6 Å². The number of hydrogen-bond donors (Lipinski definition) is 1. The summed E-state index contributed by atoms with van der Waals surface area (Å²) in [6.07, 6.45) is 0.955. The molecule has 0 aliphatic carbocycles. The first kappa shape index (κ1) is 22.6. The van der Waals surface area contributed by atoms with Gasteiger partial charge in [-0.05, 0) is 55.7 Å². The Morgan fingerprint density at radius 3 is 2.19 bits per heavy atom. The zero-order valence-electron chi connectivity index (χ0n) is 18.3. The Labute approximate surface area is 184 Å². The standard InChI is InChI=1S/C25H28N2O3S/c1-5-20-12-14-21(15-13-20)19(3)26-25(28)23-8-6-7-9-24(23)27(4)31(29,30)22-16-10-18(2)11-17-22/h6-17,19H,5H2,1-4H3,(H,26,28)/t19-/m0/s1. The Bertz CT molecular complexity index is 1150. The molecule has 0 heterocycles. The molecule has 3 rings (SSSR count). The van der Waals surface area contributed by atoms with Crippen molar-refractivity contribution in [3.63, 3.8) is 0 Å². The van der Waals surface area contributed by atoms with Crippen molar-refractivity contribution in [3.8, 4) is 0 Å². The molecule has 0 bridgehead atoms. The van der Waals surface area contributed by atoms with Crippen LogP contribution in [0.3, 0.4) is 0 Å². The van der Waals surface area contributed by atoms with E-state index in [2.05, 4.69) is 12.2 Å². The number of nitrogens with zero attached hydrogens (tertiary/aromatic N) is 1. The van der Waals surface area contributed by atoms with Gasteiger partial charge in [0.1, 0.15) is 0 Å². The van der Waals surface area contributed by atoms with Crippen LogP contribution in [0.15, 0.2) is 77.7 Å². The van der Waals surface area contributed by atoms with E-state index in [1.807, 2.05) is 38.1 Å². The third-order valence-electron chi connectivity index (χ3n) is 5.40. The summed E-state index contributed by atoms with van der Waals surface area (Å²) in [6.45, 7) is 5.91. The molecule has 0 saturated heterocycles. The van der Waals surface area contributed by atoms with Crippen LogP contribution in [0, 0.1) is 6.92 Å². The first-order chi connectivity index (χ1) is 14.7. The maximum absolute atomic E-state index is 13.1. The molecule has 162 valence electrons. The molecule has 5 nitrogen and oxygen atoms in total. The molecular weight excluding hydrogens is 408 g/mol. The van der Waals surface area contributed by atoms with Gasteiger partial charge in [-0.1, -0.05) is 61.0 Å². The minimum atomic E-state index is -3.80. The summed E-state index contributed by atoms with van der Waals surface area (Å²) in [5, 5.41) is 2.98. The second-order valence-electron chi connectivity index (χ2n) is 7.59. The molecule has 0 unspecified atom stereocenters. The second kappa shape index (κ2) is 9.35. The van der Waals surface area contributed by atoms with E-state index in [1.54, 1.807) is 48.5 Å². The summed E-state index contributed by atoms with van der Waals surface area (Å²) in [4.78, 5) is 13.2. The SMILES string of the molecule is CCc1ccc([C@H](C)NC(=O)c2ccccc2N(C)S(=O)(=O)c2ccc(C)cc2)cc1.